The van der Waals surface area contributed by atoms with E-state index in [-0.39, 0.29) is 6.03 Å². The lowest BCUT2D eigenvalue weighted by molar-refractivity contribution is 0.194. The van der Waals surface area contributed by atoms with Gasteiger partial charge >= 0.3 is 6.03 Å². The van der Waals surface area contributed by atoms with Gasteiger partial charge in [-0.25, -0.2) is 4.79 Å². The van der Waals surface area contributed by atoms with Crippen molar-refractivity contribution >= 4 is 11.8 Å². The predicted octanol–water partition coefficient (Wildman–Crippen LogP) is 4.10. The van der Waals surface area contributed by atoms with E-state index in [9.17, 15) is 4.79 Å². The standard InChI is InChI=1S/C25H29N5O/c1-18-15-20(3)22(16-19(18)2)23-9-10-24(28-27-23)29-11-13-30(14-12-29)25(31)26-17-21-7-5-4-6-8-21/h4-10,15-16H,11-14,17H2,1-3H3,(H,26,31). The summed E-state index contributed by atoms with van der Waals surface area (Å²) in [4.78, 5) is 16.5. The molecule has 2 heterocycles. The Morgan fingerprint density at radius 3 is 2.26 bits per heavy atom. The first-order chi connectivity index (χ1) is 15.0. The van der Waals surface area contributed by atoms with Gasteiger partial charge in [0.05, 0.1) is 5.69 Å². The molecule has 6 heteroatoms. The smallest absolute Gasteiger partial charge is 0.317 e. The highest BCUT2D eigenvalue weighted by Crippen LogP contribution is 2.25. The van der Waals surface area contributed by atoms with Gasteiger partial charge in [0.25, 0.3) is 0 Å². The van der Waals surface area contributed by atoms with E-state index in [0.717, 1.165) is 35.7 Å². The molecule has 0 bridgehead atoms. The van der Waals surface area contributed by atoms with Gasteiger partial charge < -0.3 is 15.1 Å². The van der Waals surface area contributed by atoms with E-state index in [2.05, 4.69) is 53.3 Å². The van der Waals surface area contributed by atoms with Crippen LogP contribution >= 0.6 is 0 Å². The molecule has 1 saturated heterocycles. The molecule has 1 aromatic heterocycles. The molecule has 4 rings (SSSR count). The largest absolute Gasteiger partial charge is 0.352 e. The number of anilines is 1. The van der Waals surface area contributed by atoms with E-state index in [0.29, 0.717) is 19.6 Å². The molecule has 160 valence electrons. The molecule has 0 aliphatic carbocycles. The maximum absolute atomic E-state index is 12.5. The van der Waals surface area contributed by atoms with Gasteiger partial charge in [-0.1, -0.05) is 36.4 Å². The Balaban J connectivity index is 1.34. The van der Waals surface area contributed by atoms with Gasteiger partial charge in [-0.2, -0.15) is 0 Å². The van der Waals surface area contributed by atoms with Crippen molar-refractivity contribution in [2.75, 3.05) is 31.1 Å². The number of rotatable bonds is 4. The number of carbonyl (C=O) groups is 1. The second-order valence-electron chi connectivity index (χ2n) is 8.15. The van der Waals surface area contributed by atoms with Crippen LogP contribution in [0.15, 0.2) is 54.6 Å². The number of carbonyl (C=O) groups excluding carboxylic acids is 1. The second kappa shape index (κ2) is 9.16. The van der Waals surface area contributed by atoms with E-state index in [1.165, 1.54) is 16.7 Å². The Labute approximate surface area is 183 Å². The van der Waals surface area contributed by atoms with Crippen LogP contribution in [0.1, 0.15) is 22.3 Å². The molecule has 1 fully saturated rings. The number of nitrogens with zero attached hydrogens (tertiary/aromatic N) is 4. The Hall–Kier alpha value is -3.41. The molecular formula is C25H29N5O. The van der Waals surface area contributed by atoms with Crippen LogP contribution in [0.3, 0.4) is 0 Å². The van der Waals surface area contributed by atoms with Crippen molar-refractivity contribution in [3.8, 4) is 11.3 Å². The fourth-order valence-electron chi connectivity index (χ4n) is 3.90. The molecule has 2 aromatic carbocycles. The van der Waals surface area contributed by atoms with Crippen LogP contribution in [-0.4, -0.2) is 47.3 Å². The summed E-state index contributed by atoms with van der Waals surface area (Å²) in [5, 5.41) is 12.0. The number of aromatic nitrogens is 2. The summed E-state index contributed by atoms with van der Waals surface area (Å²) in [6.07, 6.45) is 0. The molecule has 0 radical (unpaired) electrons. The van der Waals surface area contributed by atoms with E-state index in [1.807, 2.05) is 47.4 Å². The maximum Gasteiger partial charge on any atom is 0.317 e. The summed E-state index contributed by atoms with van der Waals surface area (Å²) in [6.45, 7) is 9.73. The van der Waals surface area contributed by atoms with Crippen LogP contribution in [0.2, 0.25) is 0 Å². The third-order valence-corrected chi connectivity index (χ3v) is 5.94. The number of nitrogens with one attached hydrogen (secondary N) is 1. The number of hydrogen-bond donors (Lipinski definition) is 1. The van der Waals surface area contributed by atoms with Gasteiger partial charge in [0.2, 0.25) is 0 Å². The fraction of sp³-hybridized carbons (Fsp3) is 0.320. The Bertz CT molecular complexity index is 1040. The second-order valence-corrected chi connectivity index (χ2v) is 8.15. The molecule has 6 nitrogen and oxygen atoms in total. The lowest BCUT2D eigenvalue weighted by atomic mass is 9.99. The highest BCUT2D eigenvalue weighted by atomic mass is 16.2. The summed E-state index contributed by atoms with van der Waals surface area (Å²) >= 11 is 0. The first-order valence-corrected chi connectivity index (χ1v) is 10.7. The summed E-state index contributed by atoms with van der Waals surface area (Å²) in [5.41, 5.74) is 6.87. The third kappa shape index (κ3) is 4.85. The quantitative estimate of drug-likeness (QED) is 0.697. The number of aryl methyl sites for hydroxylation is 3. The molecule has 1 aliphatic heterocycles. The van der Waals surface area contributed by atoms with Gasteiger partial charge in [0, 0.05) is 38.3 Å². The molecule has 0 saturated carbocycles. The predicted molar refractivity (Wildman–Crippen MR) is 124 cm³/mol. The van der Waals surface area contributed by atoms with Crippen molar-refractivity contribution in [2.45, 2.75) is 27.3 Å². The minimum absolute atomic E-state index is 0.0184. The first-order valence-electron chi connectivity index (χ1n) is 10.7. The summed E-state index contributed by atoms with van der Waals surface area (Å²) in [6, 6.07) is 18.4. The molecule has 2 amide bonds. The maximum atomic E-state index is 12.5. The number of hydrogen-bond acceptors (Lipinski definition) is 4. The average Bonchev–Trinajstić information content (AvgIpc) is 2.81. The molecule has 0 unspecified atom stereocenters. The van der Waals surface area contributed by atoms with E-state index in [1.54, 1.807) is 0 Å². The van der Waals surface area contributed by atoms with Crippen molar-refractivity contribution in [1.29, 1.82) is 0 Å². The zero-order chi connectivity index (χ0) is 21.8. The third-order valence-electron chi connectivity index (χ3n) is 5.94. The molecule has 1 aliphatic rings. The van der Waals surface area contributed by atoms with E-state index in [4.69, 9.17) is 0 Å². The topological polar surface area (TPSA) is 61.4 Å². The van der Waals surface area contributed by atoms with Crippen molar-refractivity contribution in [1.82, 2.24) is 20.4 Å². The minimum Gasteiger partial charge on any atom is -0.352 e. The van der Waals surface area contributed by atoms with Crippen molar-refractivity contribution in [3.63, 3.8) is 0 Å². The average molecular weight is 416 g/mol. The minimum atomic E-state index is -0.0184. The number of benzene rings is 2. The monoisotopic (exact) mass is 415 g/mol. The zero-order valence-corrected chi connectivity index (χ0v) is 18.4. The Kier molecular flexibility index (Phi) is 6.16. The van der Waals surface area contributed by atoms with Crippen molar-refractivity contribution < 1.29 is 4.79 Å². The van der Waals surface area contributed by atoms with Gasteiger partial charge in [0.15, 0.2) is 5.82 Å². The first kappa shape index (κ1) is 20.8. The lowest BCUT2D eigenvalue weighted by Crippen LogP contribution is -2.51. The highest BCUT2D eigenvalue weighted by Gasteiger charge is 2.22. The van der Waals surface area contributed by atoms with Gasteiger partial charge in [-0.3, -0.25) is 0 Å². The van der Waals surface area contributed by atoms with Gasteiger partial charge in [0.1, 0.15) is 0 Å². The molecule has 0 spiro atoms. The molecule has 1 N–H and O–H groups in total. The van der Waals surface area contributed by atoms with Crippen LogP contribution < -0.4 is 10.2 Å². The van der Waals surface area contributed by atoms with Crippen molar-refractivity contribution in [2.24, 2.45) is 0 Å². The lowest BCUT2D eigenvalue weighted by Gasteiger charge is -2.35. The van der Waals surface area contributed by atoms with Gasteiger partial charge in [-0.05, 0) is 61.2 Å². The fourth-order valence-corrected chi connectivity index (χ4v) is 3.90. The molecule has 3 aromatic rings. The Morgan fingerprint density at radius 2 is 1.58 bits per heavy atom. The summed E-state index contributed by atoms with van der Waals surface area (Å²) in [7, 11) is 0. The number of piperazine rings is 1. The van der Waals surface area contributed by atoms with Crippen LogP contribution in [0, 0.1) is 20.8 Å². The van der Waals surface area contributed by atoms with Gasteiger partial charge in [-0.15, -0.1) is 10.2 Å². The number of amides is 2. The van der Waals surface area contributed by atoms with Crippen LogP contribution in [0.4, 0.5) is 10.6 Å². The van der Waals surface area contributed by atoms with Crippen LogP contribution in [0.5, 0.6) is 0 Å². The Morgan fingerprint density at radius 1 is 0.871 bits per heavy atom. The molecular weight excluding hydrogens is 386 g/mol. The summed E-state index contributed by atoms with van der Waals surface area (Å²) < 4.78 is 0. The van der Waals surface area contributed by atoms with Crippen LogP contribution in [0.25, 0.3) is 11.3 Å². The van der Waals surface area contributed by atoms with Crippen LogP contribution in [-0.2, 0) is 6.54 Å². The number of urea groups is 1. The normalized spacial score (nSPS) is 13.9. The summed E-state index contributed by atoms with van der Waals surface area (Å²) in [5.74, 6) is 0.856. The van der Waals surface area contributed by atoms with E-state index >= 15 is 0 Å². The van der Waals surface area contributed by atoms with Crippen molar-refractivity contribution in [3.05, 3.63) is 76.9 Å². The molecule has 31 heavy (non-hydrogen) atoms. The molecule has 0 atom stereocenters. The highest BCUT2D eigenvalue weighted by molar-refractivity contribution is 5.74. The van der Waals surface area contributed by atoms with E-state index < -0.39 is 0 Å². The SMILES string of the molecule is Cc1cc(C)c(-c2ccc(N3CCN(C(=O)NCc4ccccc4)CC3)nn2)cc1C. The zero-order valence-electron chi connectivity index (χ0n) is 18.4.